The van der Waals surface area contributed by atoms with E-state index in [1.807, 2.05) is 0 Å². The highest BCUT2D eigenvalue weighted by atomic mass is 16.4. The van der Waals surface area contributed by atoms with E-state index in [0.29, 0.717) is 5.69 Å². The van der Waals surface area contributed by atoms with Gasteiger partial charge in [0.1, 0.15) is 11.7 Å². The molecular weight excluding hydrogens is 234 g/mol. The van der Waals surface area contributed by atoms with Crippen molar-refractivity contribution in [2.24, 2.45) is 0 Å². The number of nitrogens with one attached hydrogen (secondary N) is 1. The van der Waals surface area contributed by atoms with Crippen LogP contribution in [0, 0.1) is 0 Å². The predicted molar refractivity (Wildman–Crippen MR) is 64.3 cm³/mol. The zero-order valence-electron chi connectivity index (χ0n) is 10.3. The standard InChI is InChI=1S/C12H17N3O3/c1-8(12(17)18)15-10(6-7-13-15)11(16)14-9-4-2-3-5-9/h6-9H,2-5H2,1H3,(H,14,16)(H,17,18). The summed E-state index contributed by atoms with van der Waals surface area (Å²) in [6.07, 6.45) is 5.71. The molecule has 1 amide bonds. The van der Waals surface area contributed by atoms with Crippen molar-refractivity contribution in [2.75, 3.05) is 0 Å². The van der Waals surface area contributed by atoms with Crippen molar-refractivity contribution in [1.29, 1.82) is 0 Å². The van der Waals surface area contributed by atoms with Gasteiger partial charge >= 0.3 is 5.97 Å². The first-order chi connectivity index (χ1) is 8.59. The lowest BCUT2D eigenvalue weighted by Gasteiger charge is -2.14. The van der Waals surface area contributed by atoms with Crippen molar-refractivity contribution in [2.45, 2.75) is 44.7 Å². The number of carbonyl (C=O) groups excluding carboxylic acids is 1. The summed E-state index contributed by atoms with van der Waals surface area (Å²) in [5, 5.41) is 15.8. The molecule has 0 radical (unpaired) electrons. The predicted octanol–water partition coefficient (Wildman–Crippen LogP) is 1.20. The molecule has 2 rings (SSSR count). The number of aromatic nitrogens is 2. The number of aliphatic carboxylic acids is 1. The molecule has 1 atom stereocenters. The Morgan fingerprint density at radius 3 is 2.78 bits per heavy atom. The summed E-state index contributed by atoms with van der Waals surface area (Å²) in [6, 6.07) is 0.911. The molecule has 6 heteroatoms. The van der Waals surface area contributed by atoms with Gasteiger partial charge < -0.3 is 10.4 Å². The first kappa shape index (κ1) is 12.6. The van der Waals surface area contributed by atoms with Gasteiger partial charge in [0.2, 0.25) is 0 Å². The number of rotatable bonds is 4. The fraction of sp³-hybridized carbons (Fsp3) is 0.583. The van der Waals surface area contributed by atoms with E-state index in [-0.39, 0.29) is 11.9 Å². The second kappa shape index (κ2) is 5.20. The highest BCUT2D eigenvalue weighted by Gasteiger charge is 2.23. The van der Waals surface area contributed by atoms with Crippen molar-refractivity contribution in [3.8, 4) is 0 Å². The minimum Gasteiger partial charge on any atom is -0.480 e. The van der Waals surface area contributed by atoms with Gasteiger partial charge in [0.05, 0.1) is 0 Å². The molecule has 1 aromatic heterocycles. The van der Waals surface area contributed by atoms with Crippen LogP contribution in [0.5, 0.6) is 0 Å². The van der Waals surface area contributed by atoms with E-state index >= 15 is 0 Å². The summed E-state index contributed by atoms with van der Waals surface area (Å²) in [6.45, 7) is 1.50. The summed E-state index contributed by atoms with van der Waals surface area (Å²) in [4.78, 5) is 23.0. The molecule has 0 aromatic carbocycles. The smallest absolute Gasteiger partial charge is 0.328 e. The Morgan fingerprint density at radius 1 is 1.50 bits per heavy atom. The van der Waals surface area contributed by atoms with Gasteiger partial charge in [-0.1, -0.05) is 12.8 Å². The summed E-state index contributed by atoms with van der Waals surface area (Å²) in [5.74, 6) is -1.25. The maximum Gasteiger partial charge on any atom is 0.328 e. The van der Waals surface area contributed by atoms with Gasteiger partial charge in [-0.3, -0.25) is 4.79 Å². The largest absolute Gasteiger partial charge is 0.480 e. The third-order valence-electron chi connectivity index (χ3n) is 3.32. The highest BCUT2D eigenvalue weighted by Crippen LogP contribution is 2.18. The van der Waals surface area contributed by atoms with Gasteiger partial charge in [0, 0.05) is 12.2 Å². The first-order valence-corrected chi connectivity index (χ1v) is 6.17. The number of carboxylic acid groups (broad SMARTS) is 1. The molecule has 0 saturated heterocycles. The van der Waals surface area contributed by atoms with Crippen LogP contribution in [0.3, 0.4) is 0 Å². The topological polar surface area (TPSA) is 84.2 Å². The van der Waals surface area contributed by atoms with Gasteiger partial charge in [-0.25, -0.2) is 9.48 Å². The lowest BCUT2D eigenvalue weighted by Crippen LogP contribution is -2.35. The normalized spacial score (nSPS) is 17.6. The molecule has 1 saturated carbocycles. The van der Waals surface area contributed by atoms with Gasteiger partial charge in [0.25, 0.3) is 5.91 Å². The Kier molecular flexibility index (Phi) is 3.64. The molecule has 0 bridgehead atoms. The molecule has 1 aromatic rings. The Balaban J connectivity index is 2.10. The molecule has 0 spiro atoms. The lowest BCUT2D eigenvalue weighted by atomic mass is 10.2. The Labute approximate surface area is 105 Å². The average Bonchev–Trinajstić information content (AvgIpc) is 2.97. The zero-order chi connectivity index (χ0) is 13.1. The summed E-state index contributed by atoms with van der Waals surface area (Å²) in [7, 11) is 0. The van der Waals surface area contributed by atoms with E-state index in [1.165, 1.54) is 17.8 Å². The fourth-order valence-corrected chi connectivity index (χ4v) is 2.24. The van der Waals surface area contributed by atoms with Crippen LogP contribution in [-0.4, -0.2) is 32.8 Å². The molecule has 1 aliphatic carbocycles. The maximum atomic E-state index is 12.0. The molecule has 1 fully saturated rings. The molecule has 0 aliphatic heterocycles. The molecular formula is C12H17N3O3. The SMILES string of the molecule is CC(C(=O)O)n1nccc1C(=O)NC1CCCC1. The molecule has 2 N–H and O–H groups in total. The minimum absolute atomic E-state index is 0.209. The van der Waals surface area contributed by atoms with Crippen LogP contribution in [-0.2, 0) is 4.79 Å². The zero-order valence-corrected chi connectivity index (χ0v) is 10.3. The van der Waals surface area contributed by atoms with Crippen molar-refractivity contribution >= 4 is 11.9 Å². The molecule has 18 heavy (non-hydrogen) atoms. The van der Waals surface area contributed by atoms with E-state index in [1.54, 1.807) is 6.07 Å². The van der Waals surface area contributed by atoms with E-state index < -0.39 is 12.0 Å². The first-order valence-electron chi connectivity index (χ1n) is 6.17. The van der Waals surface area contributed by atoms with Crippen LogP contribution < -0.4 is 5.32 Å². The third-order valence-corrected chi connectivity index (χ3v) is 3.32. The van der Waals surface area contributed by atoms with Crippen LogP contribution in [0.25, 0.3) is 0 Å². The minimum atomic E-state index is -1.01. The Bertz CT molecular complexity index is 449. The summed E-state index contributed by atoms with van der Waals surface area (Å²) < 4.78 is 1.24. The van der Waals surface area contributed by atoms with E-state index in [0.717, 1.165) is 25.7 Å². The van der Waals surface area contributed by atoms with Gasteiger partial charge in [-0.15, -0.1) is 0 Å². The van der Waals surface area contributed by atoms with Crippen LogP contribution >= 0.6 is 0 Å². The second-order valence-corrected chi connectivity index (χ2v) is 4.63. The molecule has 98 valence electrons. The number of hydrogen-bond donors (Lipinski definition) is 2. The number of hydrogen-bond acceptors (Lipinski definition) is 3. The van der Waals surface area contributed by atoms with E-state index in [2.05, 4.69) is 10.4 Å². The van der Waals surface area contributed by atoms with Crippen molar-refractivity contribution in [1.82, 2.24) is 15.1 Å². The number of nitrogens with zero attached hydrogens (tertiary/aromatic N) is 2. The quantitative estimate of drug-likeness (QED) is 0.842. The second-order valence-electron chi connectivity index (χ2n) is 4.63. The molecule has 1 unspecified atom stereocenters. The van der Waals surface area contributed by atoms with Gasteiger partial charge in [-0.05, 0) is 25.8 Å². The number of amides is 1. The van der Waals surface area contributed by atoms with Crippen molar-refractivity contribution in [3.05, 3.63) is 18.0 Å². The van der Waals surface area contributed by atoms with Gasteiger partial charge in [0.15, 0.2) is 0 Å². The summed E-state index contributed by atoms with van der Waals surface area (Å²) in [5.41, 5.74) is 0.303. The fourth-order valence-electron chi connectivity index (χ4n) is 2.24. The maximum absolute atomic E-state index is 12.0. The van der Waals surface area contributed by atoms with E-state index in [4.69, 9.17) is 5.11 Å². The molecule has 6 nitrogen and oxygen atoms in total. The van der Waals surface area contributed by atoms with Crippen LogP contribution in [0.1, 0.15) is 49.1 Å². The van der Waals surface area contributed by atoms with Crippen molar-refractivity contribution in [3.63, 3.8) is 0 Å². The lowest BCUT2D eigenvalue weighted by molar-refractivity contribution is -0.140. The molecule has 1 aliphatic rings. The highest BCUT2D eigenvalue weighted by molar-refractivity contribution is 5.93. The Hall–Kier alpha value is -1.85. The Morgan fingerprint density at radius 2 is 2.17 bits per heavy atom. The number of carboxylic acids is 1. The third kappa shape index (κ3) is 2.52. The van der Waals surface area contributed by atoms with Crippen molar-refractivity contribution < 1.29 is 14.7 Å². The number of carbonyl (C=O) groups is 2. The van der Waals surface area contributed by atoms with Crippen LogP contribution in [0.2, 0.25) is 0 Å². The van der Waals surface area contributed by atoms with Crippen LogP contribution in [0.4, 0.5) is 0 Å². The average molecular weight is 251 g/mol. The van der Waals surface area contributed by atoms with Crippen LogP contribution in [0.15, 0.2) is 12.3 Å². The summed E-state index contributed by atoms with van der Waals surface area (Å²) >= 11 is 0. The molecule has 1 heterocycles. The van der Waals surface area contributed by atoms with E-state index in [9.17, 15) is 9.59 Å². The van der Waals surface area contributed by atoms with Gasteiger partial charge in [-0.2, -0.15) is 5.10 Å². The monoisotopic (exact) mass is 251 g/mol.